The molecule has 0 radical (unpaired) electrons. The molecule has 1 aliphatic heterocycles. The molecule has 0 aromatic heterocycles. The van der Waals surface area contributed by atoms with Crippen molar-refractivity contribution >= 4 is 0 Å². The van der Waals surface area contributed by atoms with Crippen molar-refractivity contribution < 1.29 is 14.2 Å². The van der Waals surface area contributed by atoms with Crippen LogP contribution in [0.15, 0.2) is 18.2 Å². The van der Waals surface area contributed by atoms with Crippen molar-refractivity contribution in [2.75, 3.05) is 34.0 Å². The second kappa shape index (κ2) is 7.50. The fourth-order valence-electron chi connectivity index (χ4n) is 2.86. The van der Waals surface area contributed by atoms with Crippen molar-refractivity contribution in [3.05, 3.63) is 23.8 Å². The maximum Gasteiger partial charge on any atom is 0.123 e. The predicted molar refractivity (Wildman–Crippen MR) is 79.5 cm³/mol. The smallest absolute Gasteiger partial charge is 0.123 e. The van der Waals surface area contributed by atoms with Gasteiger partial charge in [0.25, 0.3) is 0 Å². The highest BCUT2D eigenvalue weighted by Crippen LogP contribution is 2.36. The highest BCUT2D eigenvalue weighted by Gasteiger charge is 2.27. The molecule has 0 aliphatic carbocycles. The molecule has 0 amide bonds. The van der Waals surface area contributed by atoms with Gasteiger partial charge in [-0.15, -0.1) is 0 Å². The molecule has 0 saturated carbocycles. The summed E-state index contributed by atoms with van der Waals surface area (Å²) < 4.78 is 16.5. The maximum absolute atomic E-state index is 5.65. The zero-order chi connectivity index (χ0) is 14.4. The summed E-state index contributed by atoms with van der Waals surface area (Å²) in [6.45, 7) is 4.73. The average molecular weight is 279 g/mol. The first kappa shape index (κ1) is 15.1. The summed E-state index contributed by atoms with van der Waals surface area (Å²) in [6, 6.07) is 6.22. The van der Waals surface area contributed by atoms with E-state index in [1.54, 1.807) is 14.2 Å². The molecular formula is C16H25NO3. The van der Waals surface area contributed by atoms with Crippen LogP contribution in [0.4, 0.5) is 0 Å². The molecule has 1 heterocycles. The maximum atomic E-state index is 5.65. The van der Waals surface area contributed by atoms with E-state index in [0.717, 1.165) is 43.2 Å². The summed E-state index contributed by atoms with van der Waals surface area (Å²) in [6.07, 6.45) is 2.30. The summed E-state index contributed by atoms with van der Waals surface area (Å²) in [4.78, 5) is 0. The van der Waals surface area contributed by atoms with Gasteiger partial charge in [0.15, 0.2) is 0 Å². The molecule has 1 aliphatic rings. The van der Waals surface area contributed by atoms with Gasteiger partial charge in [-0.05, 0) is 37.6 Å². The quantitative estimate of drug-likeness (QED) is 0.869. The lowest BCUT2D eigenvalue weighted by molar-refractivity contribution is 0.0389. The van der Waals surface area contributed by atoms with Gasteiger partial charge < -0.3 is 19.5 Å². The molecule has 4 nitrogen and oxygen atoms in total. The van der Waals surface area contributed by atoms with E-state index in [9.17, 15) is 0 Å². The third kappa shape index (κ3) is 3.44. The van der Waals surface area contributed by atoms with Crippen molar-refractivity contribution in [3.63, 3.8) is 0 Å². The number of nitrogens with one attached hydrogen (secondary N) is 1. The monoisotopic (exact) mass is 279 g/mol. The molecular weight excluding hydrogens is 254 g/mol. The van der Waals surface area contributed by atoms with Crippen molar-refractivity contribution in [2.24, 2.45) is 5.92 Å². The van der Waals surface area contributed by atoms with E-state index in [1.165, 1.54) is 6.42 Å². The number of hydrogen-bond acceptors (Lipinski definition) is 4. The van der Waals surface area contributed by atoms with Gasteiger partial charge in [-0.25, -0.2) is 0 Å². The zero-order valence-electron chi connectivity index (χ0n) is 12.6. The Labute approximate surface area is 121 Å². The van der Waals surface area contributed by atoms with Crippen LogP contribution in [0.2, 0.25) is 0 Å². The first-order valence-electron chi connectivity index (χ1n) is 7.33. The highest BCUT2D eigenvalue weighted by molar-refractivity contribution is 5.42. The topological polar surface area (TPSA) is 39.7 Å². The second-order valence-corrected chi connectivity index (χ2v) is 5.12. The van der Waals surface area contributed by atoms with Gasteiger partial charge in [0.2, 0.25) is 0 Å². The van der Waals surface area contributed by atoms with Gasteiger partial charge in [-0.2, -0.15) is 0 Å². The summed E-state index contributed by atoms with van der Waals surface area (Å²) in [5.74, 6) is 2.24. The first-order valence-corrected chi connectivity index (χ1v) is 7.33. The molecule has 1 N–H and O–H groups in total. The Morgan fingerprint density at radius 2 is 2.20 bits per heavy atom. The Morgan fingerprint density at radius 1 is 1.35 bits per heavy atom. The molecule has 4 heteroatoms. The normalized spacial score (nSPS) is 20.4. The van der Waals surface area contributed by atoms with Crippen LogP contribution in [-0.4, -0.2) is 34.0 Å². The lowest BCUT2D eigenvalue weighted by Crippen LogP contribution is -2.33. The Balaban J connectivity index is 2.30. The lowest BCUT2D eigenvalue weighted by Gasteiger charge is -2.32. The third-order valence-corrected chi connectivity index (χ3v) is 3.86. The van der Waals surface area contributed by atoms with Crippen LogP contribution < -0.4 is 14.8 Å². The minimum Gasteiger partial charge on any atom is -0.497 e. The van der Waals surface area contributed by atoms with Gasteiger partial charge in [0.1, 0.15) is 11.5 Å². The SMILES string of the molecule is CCNC(c1cc(OC)ccc1OC)C1CCCOC1. The summed E-state index contributed by atoms with van der Waals surface area (Å²) >= 11 is 0. The fraction of sp³-hybridized carbons (Fsp3) is 0.625. The van der Waals surface area contributed by atoms with Crippen LogP contribution in [0.1, 0.15) is 31.4 Å². The van der Waals surface area contributed by atoms with Crippen molar-refractivity contribution in [3.8, 4) is 11.5 Å². The van der Waals surface area contributed by atoms with Crippen molar-refractivity contribution in [2.45, 2.75) is 25.8 Å². The van der Waals surface area contributed by atoms with E-state index in [4.69, 9.17) is 14.2 Å². The standard InChI is InChI=1S/C16H25NO3/c1-4-17-16(12-6-5-9-20-11-12)14-10-13(18-2)7-8-15(14)19-3/h7-8,10,12,16-17H,4-6,9,11H2,1-3H3. The number of ether oxygens (including phenoxy) is 3. The Morgan fingerprint density at radius 3 is 2.80 bits per heavy atom. The van der Waals surface area contributed by atoms with Crippen molar-refractivity contribution in [1.82, 2.24) is 5.32 Å². The molecule has 0 spiro atoms. The number of hydrogen-bond donors (Lipinski definition) is 1. The molecule has 2 atom stereocenters. The van der Waals surface area contributed by atoms with E-state index in [2.05, 4.69) is 18.3 Å². The number of benzene rings is 1. The van der Waals surface area contributed by atoms with Crippen LogP contribution in [0.3, 0.4) is 0 Å². The molecule has 1 aromatic rings. The van der Waals surface area contributed by atoms with Crippen LogP contribution in [0.25, 0.3) is 0 Å². The summed E-state index contributed by atoms with van der Waals surface area (Å²) in [5, 5.41) is 3.58. The minimum absolute atomic E-state index is 0.241. The highest BCUT2D eigenvalue weighted by atomic mass is 16.5. The second-order valence-electron chi connectivity index (χ2n) is 5.12. The molecule has 2 unspecified atom stereocenters. The van der Waals surface area contributed by atoms with Crippen LogP contribution in [0.5, 0.6) is 11.5 Å². The van der Waals surface area contributed by atoms with E-state index >= 15 is 0 Å². The van der Waals surface area contributed by atoms with E-state index < -0.39 is 0 Å². The first-order chi connectivity index (χ1) is 9.80. The molecule has 20 heavy (non-hydrogen) atoms. The average Bonchev–Trinajstić information content (AvgIpc) is 2.53. The minimum atomic E-state index is 0.241. The van der Waals surface area contributed by atoms with E-state index in [-0.39, 0.29) is 6.04 Å². The van der Waals surface area contributed by atoms with Crippen LogP contribution in [-0.2, 0) is 4.74 Å². The Kier molecular flexibility index (Phi) is 5.68. The largest absolute Gasteiger partial charge is 0.497 e. The summed E-state index contributed by atoms with van der Waals surface area (Å²) in [7, 11) is 3.41. The van der Waals surface area contributed by atoms with E-state index in [1.807, 2.05) is 12.1 Å². The lowest BCUT2D eigenvalue weighted by atomic mass is 9.88. The Bertz CT molecular complexity index is 416. The Hall–Kier alpha value is -1.26. The third-order valence-electron chi connectivity index (χ3n) is 3.86. The van der Waals surface area contributed by atoms with Crippen LogP contribution in [0, 0.1) is 5.92 Å². The van der Waals surface area contributed by atoms with Gasteiger partial charge in [0, 0.05) is 24.1 Å². The van der Waals surface area contributed by atoms with Gasteiger partial charge in [-0.1, -0.05) is 6.92 Å². The molecule has 1 aromatic carbocycles. The fourth-order valence-corrected chi connectivity index (χ4v) is 2.86. The number of rotatable bonds is 6. The van der Waals surface area contributed by atoms with Gasteiger partial charge in [-0.3, -0.25) is 0 Å². The van der Waals surface area contributed by atoms with E-state index in [0.29, 0.717) is 5.92 Å². The van der Waals surface area contributed by atoms with Crippen LogP contribution >= 0.6 is 0 Å². The molecule has 0 bridgehead atoms. The van der Waals surface area contributed by atoms with Gasteiger partial charge >= 0.3 is 0 Å². The predicted octanol–water partition coefficient (Wildman–Crippen LogP) is 2.78. The molecule has 1 saturated heterocycles. The molecule has 112 valence electrons. The molecule has 1 fully saturated rings. The zero-order valence-corrected chi connectivity index (χ0v) is 12.6. The van der Waals surface area contributed by atoms with Crippen molar-refractivity contribution in [1.29, 1.82) is 0 Å². The molecule has 2 rings (SSSR count). The van der Waals surface area contributed by atoms with Gasteiger partial charge in [0.05, 0.1) is 20.8 Å². The summed E-state index contributed by atoms with van der Waals surface area (Å²) in [5.41, 5.74) is 1.16. The number of methoxy groups -OCH3 is 2.